The fraction of sp³-hybridized carbons (Fsp3) is 0.250. The molecule has 21 heavy (non-hydrogen) atoms. The van der Waals surface area contributed by atoms with Gasteiger partial charge in [-0.1, -0.05) is 18.2 Å². The van der Waals surface area contributed by atoms with Crippen molar-refractivity contribution in [3.8, 4) is 0 Å². The molecule has 1 unspecified atom stereocenters. The molecule has 5 heteroatoms. The Morgan fingerprint density at radius 2 is 2.14 bits per heavy atom. The second-order valence-electron chi connectivity index (χ2n) is 5.05. The summed E-state index contributed by atoms with van der Waals surface area (Å²) in [6, 6.07) is 10.4. The lowest BCUT2D eigenvalue weighted by molar-refractivity contribution is 0.549. The summed E-state index contributed by atoms with van der Waals surface area (Å²) in [6.07, 6.45) is 4.58. The normalized spacial score (nSPS) is 12.7. The molecule has 0 radical (unpaired) electrons. The number of imidazole rings is 1. The number of rotatable bonds is 4. The molecule has 1 atom stereocenters. The lowest BCUT2D eigenvalue weighted by Gasteiger charge is -2.17. The number of likely N-dealkylation sites (N-methyl/N-ethyl adjacent to an activating group) is 1. The first-order chi connectivity index (χ1) is 10.2. The molecule has 0 fully saturated rings. The van der Waals surface area contributed by atoms with Gasteiger partial charge >= 0.3 is 0 Å². The van der Waals surface area contributed by atoms with Crippen LogP contribution in [0.2, 0.25) is 0 Å². The van der Waals surface area contributed by atoms with Crippen LogP contribution in [0.25, 0.3) is 10.9 Å². The van der Waals surface area contributed by atoms with E-state index in [0.717, 1.165) is 33.3 Å². The van der Waals surface area contributed by atoms with Gasteiger partial charge in [0, 0.05) is 35.7 Å². The van der Waals surface area contributed by atoms with E-state index in [1.807, 2.05) is 49.3 Å². The Kier molecular flexibility index (Phi) is 4.03. The highest BCUT2D eigenvalue weighted by Crippen LogP contribution is 2.27. The Bertz CT molecular complexity index is 766. The number of nitrogens with one attached hydrogen (secondary N) is 1. The van der Waals surface area contributed by atoms with Crippen LogP contribution in [-0.2, 0) is 13.5 Å². The summed E-state index contributed by atoms with van der Waals surface area (Å²) in [5.41, 5.74) is 2.02. The van der Waals surface area contributed by atoms with Gasteiger partial charge in [-0.2, -0.15) is 0 Å². The van der Waals surface area contributed by atoms with E-state index in [4.69, 9.17) is 4.98 Å². The molecule has 0 spiro atoms. The first-order valence-corrected chi connectivity index (χ1v) is 7.67. The summed E-state index contributed by atoms with van der Waals surface area (Å²) in [7, 11) is 3.97. The topological polar surface area (TPSA) is 42.7 Å². The van der Waals surface area contributed by atoms with Crippen LogP contribution < -0.4 is 5.32 Å². The highest BCUT2D eigenvalue weighted by atomic mass is 79.9. The molecular formula is C16H17BrN4. The number of para-hydroxylation sites is 1. The summed E-state index contributed by atoms with van der Waals surface area (Å²) in [5.74, 6) is 1.04. The van der Waals surface area contributed by atoms with E-state index in [9.17, 15) is 0 Å². The van der Waals surface area contributed by atoms with Gasteiger partial charge in [0.05, 0.1) is 17.3 Å². The van der Waals surface area contributed by atoms with Crippen molar-refractivity contribution in [2.45, 2.75) is 12.5 Å². The number of pyridine rings is 1. The standard InChI is InChI=1S/C16H17BrN4/c1-18-14(10-15-19-7-8-21(15)2)16-12(17)9-11-5-3-4-6-13(11)20-16/h3-9,14,18H,10H2,1-2H3. The van der Waals surface area contributed by atoms with E-state index in [-0.39, 0.29) is 6.04 Å². The lowest BCUT2D eigenvalue weighted by atomic mass is 10.1. The van der Waals surface area contributed by atoms with Crippen LogP contribution >= 0.6 is 15.9 Å². The lowest BCUT2D eigenvalue weighted by Crippen LogP contribution is -2.22. The molecule has 0 bridgehead atoms. The van der Waals surface area contributed by atoms with Gasteiger partial charge < -0.3 is 9.88 Å². The summed E-state index contributed by atoms with van der Waals surface area (Å²) in [5, 5.41) is 4.48. The minimum Gasteiger partial charge on any atom is -0.338 e. The first-order valence-electron chi connectivity index (χ1n) is 6.87. The van der Waals surface area contributed by atoms with Gasteiger partial charge in [-0.15, -0.1) is 0 Å². The van der Waals surface area contributed by atoms with Crippen LogP contribution in [-0.4, -0.2) is 21.6 Å². The summed E-state index contributed by atoms with van der Waals surface area (Å²) in [4.78, 5) is 9.21. The van der Waals surface area contributed by atoms with Crippen molar-refractivity contribution < 1.29 is 0 Å². The minimum absolute atomic E-state index is 0.116. The Hall–Kier alpha value is -1.72. The molecule has 0 amide bonds. The molecule has 3 aromatic rings. The Balaban J connectivity index is 2.00. The number of benzene rings is 1. The quantitative estimate of drug-likeness (QED) is 0.790. The molecule has 0 saturated carbocycles. The molecule has 2 heterocycles. The fourth-order valence-electron chi connectivity index (χ4n) is 2.46. The average molecular weight is 345 g/mol. The van der Waals surface area contributed by atoms with E-state index in [1.54, 1.807) is 0 Å². The minimum atomic E-state index is 0.116. The second-order valence-corrected chi connectivity index (χ2v) is 5.90. The molecule has 0 aliphatic carbocycles. The molecule has 108 valence electrons. The smallest absolute Gasteiger partial charge is 0.110 e. The summed E-state index contributed by atoms with van der Waals surface area (Å²) < 4.78 is 3.06. The van der Waals surface area contributed by atoms with Crippen molar-refractivity contribution in [2.75, 3.05) is 7.05 Å². The monoisotopic (exact) mass is 344 g/mol. The molecule has 2 aromatic heterocycles. The predicted molar refractivity (Wildman–Crippen MR) is 88.2 cm³/mol. The maximum atomic E-state index is 4.81. The van der Waals surface area contributed by atoms with Gasteiger partial charge in [-0.3, -0.25) is 0 Å². The van der Waals surface area contributed by atoms with Crippen LogP contribution in [0.3, 0.4) is 0 Å². The maximum absolute atomic E-state index is 4.81. The SMILES string of the molecule is CNC(Cc1nccn1C)c1nc2ccccc2cc1Br. The number of hydrogen-bond acceptors (Lipinski definition) is 3. The zero-order chi connectivity index (χ0) is 14.8. The van der Waals surface area contributed by atoms with Gasteiger partial charge in [0.1, 0.15) is 5.82 Å². The van der Waals surface area contributed by atoms with Gasteiger partial charge in [0.2, 0.25) is 0 Å². The van der Waals surface area contributed by atoms with Gasteiger partial charge in [0.15, 0.2) is 0 Å². The number of hydrogen-bond donors (Lipinski definition) is 1. The highest BCUT2D eigenvalue weighted by molar-refractivity contribution is 9.10. The number of halogens is 1. The van der Waals surface area contributed by atoms with Crippen LogP contribution in [0.1, 0.15) is 17.6 Å². The molecule has 4 nitrogen and oxygen atoms in total. The van der Waals surface area contributed by atoms with Crippen LogP contribution in [0.5, 0.6) is 0 Å². The molecular weight excluding hydrogens is 328 g/mol. The summed E-state index contributed by atoms with van der Waals surface area (Å²) >= 11 is 3.65. The molecule has 1 aromatic carbocycles. The number of aromatic nitrogens is 3. The number of nitrogens with zero attached hydrogens (tertiary/aromatic N) is 3. The average Bonchev–Trinajstić information content (AvgIpc) is 2.89. The van der Waals surface area contributed by atoms with E-state index in [2.05, 4.69) is 38.4 Å². The molecule has 0 aliphatic rings. The third-order valence-electron chi connectivity index (χ3n) is 3.69. The predicted octanol–water partition coefficient (Wildman–Crippen LogP) is 3.23. The second kappa shape index (κ2) is 5.95. The van der Waals surface area contributed by atoms with E-state index in [0.29, 0.717) is 0 Å². The maximum Gasteiger partial charge on any atom is 0.110 e. The number of aryl methyl sites for hydroxylation is 1. The zero-order valence-corrected chi connectivity index (χ0v) is 13.6. The van der Waals surface area contributed by atoms with E-state index < -0.39 is 0 Å². The first kappa shape index (κ1) is 14.2. The van der Waals surface area contributed by atoms with Gasteiger partial charge in [0.25, 0.3) is 0 Å². The third-order valence-corrected chi connectivity index (χ3v) is 4.33. The molecule has 3 rings (SSSR count). The summed E-state index contributed by atoms with van der Waals surface area (Å²) in [6.45, 7) is 0. The van der Waals surface area contributed by atoms with Crippen LogP contribution in [0.4, 0.5) is 0 Å². The van der Waals surface area contributed by atoms with Crippen molar-refractivity contribution in [3.63, 3.8) is 0 Å². The van der Waals surface area contributed by atoms with Gasteiger partial charge in [-0.05, 0) is 35.1 Å². The molecule has 0 saturated heterocycles. The Morgan fingerprint density at radius 3 is 2.86 bits per heavy atom. The fourth-order valence-corrected chi connectivity index (χ4v) is 3.07. The highest BCUT2D eigenvalue weighted by Gasteiger charge is 2.17. The molecule has 0 aliphatic heterocycles. The van der Waals surface area contributed by atoms with Crippen molar-refractivity contribution in [2.24, 2.45) is 7.05 Å². The van der Waals surface area contributed by atoms with Crippen molar-refractivity contribution in [3.05, 3.63) is 58.7 Å². The van der Waals surface area contributed by atoms with E-state index in [1.165, 1.54) is 0 Å². The number of fused-ring (bicyclic) bond motifs is 1. The zero-order valence-electron chi connectivity index (χ0n) is 12.0. The van der Waals surface area contributed by atoms with Crippen LogP contribution in [0.15, 0.2) is 47.2 Å². The van der Waals surface area contributed by atoms with Crippen molar-refractivity contribution in [1.82, 2.24) is 19.9 Å². The Morgan fingerprint density at radius 1 is 1.33 bits per heavy atom. The van der Waals surface area contributed by atoms with Gasteiger partial charge in [-0.25, -0.2) is 9.97 Å². The Labute approximate surface area is 132 Å². The third kappa shape index (κ3) is 2.84. The van der Waals surface area contributed by atoms with Crippen molar-refractivity contribution in [1.29, 1.82) is 0 Å². The van der Waals surface area contributed by atoms with Crippen LogP contribution in [0, 0.1) is 0 Å². The molecule has 1 N–H and O–H groups in total. The van der Waals surface area contributed by atoms with E-state index >= 15 is 0 Å². The largest absolute Gasteiger partial charge is 0.338 e. The van der Waals surface area contributed by atoms with Crippen molar-refractivity contribution >= 4 is 26.8 Å².